The minimum absolute atomic E-state index is 0.00795. The second-order valence-corrected chi connectivity index (χ2v) is 6.21. The van der Waals surface area contributed by atoms with Gasteiger partial charge in [0.15, 0.2) is 0 Å². The van der Waals surface area contributed by atoms with Crippen molar-refractivity contribution in [1.29, 1.82) is 0 Å². The summed E-state index contributed by atoms with van der Waals surface area (Å²) in [4.78, 5) is 14.2. The summed E-state index contributed by atoms with van der Waals surface area (Å²) in [5.74, 6) is 0.242. The average molecular weight is 343 g/mol. The van der Waals surface area contributed by atoms with Crippen LogP contribution < -0.4 is 5.32 Å². The Morgan fingerprint density at radius 3 is 2.80 bits per heavy atom. The highest BCUT2D eigenvalue weighted by Gasteiger charge is 2.31. The van der Waals surface area contributed by atoms with Crippen LogP contribution in [0.15, 0.2) is 22.7 Å². The third-order valence-electron chi connectivity index (χ3n) is 3.97. The summed E-state index contributed by atoms with van der Waals surface area (Å²) in [7, 11) is 0. The van der Waals surface area contributed by atoms with Crippen molar-refractivity contribution in [2.45, 2.75) is 20.4 Å². The van der Waals surface area contributed by atoms with E-state index in [1.165, 1.54) is 6.07 Å². The maximum Gasteiger partial charge on any atom is 0.226 e. The molecular weight excluding hydrogens is 323 g/mol. The quantitative estimate of drug-likeness (QED) is 0.892. The van der Waals surface area contributed by atoms with Crippen LogP contribution in [-0.2, 0) is 11.3 Å². The van der Waals surface area contributed by atoms with E-state index in [1.807, 2.05) is 13.8 Å². The molecule has 1 aromatic carbocycles. The molecule has 1 aromatic rings. The van der Waals surface area contributed by atoms with E-state index in [2.05, 4.69) is 21.2 Å². The van der Waals surface area contributed by atoms with Crippen LogP contribution in [0.25, 0.3) is 0 Å². The molecule has 1 aliphatic rings. The molecular formula is C15H20BrFN2O. The first-order chi connectivity index (χ1) is 9.52. The second-order valence-electron chi connectivity index (χ2n) is 5.30. The van der Waals surface area contributed by atoms with Crippen molar-refractivity contribution >= 4 is 21.8 Å². The fourth-order valence-electron chi connectivity index (χ4n) is 2.37. The lowest BCUT2D eigenvalue weighted by molar-refractivity contribution is -0.137. The monoisotopic (exact) mass is 342 g/mol. The van der Waals surface area contributed by atoms with E-state index >= 15 is 0 Å². The zero-order chi connectivity index (χ0) is 14.7. The molecule has 2 rings (SSSR count). The SMILES string of the molecule is CCN(Cc1cc(Br)ccc1F)C(=O)C(C)C1CNC1. The highest BCUT2D eigenvalue weighted by atomic mass is 79.9. The van der Waals surface area contributed by atoms with Gasteiger partial charge in [0, 0.05) is 29.0 Å². The number of hydrogen-bond acceptors (Lipinski definition) is 2. The van der Waals surface area contributed by atoms with Crippen molar-refractivity contribution in [1.82, 2.24) is 10.2 Å². The second kappa shape index (κ2) is 6.68. The predicted molar refractivity (Wildman–Crippen MR) is 80.7 cm³/mol. The van der Waals surface area contributed by atoms with E-state index < -0.39 is 0 Å². The number of carbonyl (C=O) groups excluding carboxylic acids is 1. The average Bonchev–Trinajstić information content (AvgIpc) is 2.37. The highest BCUT2D eigenvalue weighted by Crippen LogP contribution is 2.21. The van der Waals surface area contributed by atoms with Crippen LogP contribution in [-0.4, -0.2) is 30.4 Å². The Hall–Kier alpha value is -0.940. The van der Waals surface area contributed by atoms with E-state index in [1.54, 1.807) is 17.0 Å². The van der Waals surface area contributed by atoms with Gasteiger partial charge >= 0.3 is 0 Å². The number of halogens is 2. The first kappa shape index (κ1) is 15.4. The molecule has 20 heavy (non-hydrogen) atoms. The Morgan fingerprint density at radius 2 is 2.25 bits per heavy atom. The Balaban J connectivity index is 2.07. The van der Waals surface area contributed by atoms with Crippen molar-refractivity contribution < 1.29 is 9.18 Å². The van der Waals surface area contributed by atoms with Gasteiger partial charge in [0.25, 0.3) is 0 Å². The van der Waals surface area contributed by atoms with Gasteiger partial charge in [0.1, 0.15) is 5.82 Å². The van der Waals surface area contributed by atoms with Crippen molar-refractivity contribution in [2.24, 2.45) is 11.8 Å². The topological polar surface area (TPSA) is 32.3 Å². The first-order valence-corrected chi connectivity index (χ1v) is 7.75. The lowest BCUT2D eigenvalue weighted by Crippen LogP contribution is -2.50. The molecule has 3 nitrogen and oxygen atoms in total. The summed E-state index contributed by atoms with van der Waals surface area (Å²) in [5.41, 5.74) is 0.550. The summed E-state index contributed by atoms with van der Waals surface area (Å²) < 4.78 is 14.6. The molecule has 1 aliphatic heterocycles. The molecule has 1 heterocycles. The fraction of sp³-hybridized carbons (Fsp3) is 0.533. The zero-order valence-corrected chi connectivity index (χ0v) is 13.4. The van der Waals surface area contributed by atoms with Gasteiger partial charge in [-0.1, -0.05) is 22.9 Å². The minimum Gasteiger partial charge on any atom is -0.338 e. The van der Waals surface area contributed by atoms with Gasteiger partial charge < -0.3 is 10.2 Å². The molecule has 0 saturated carbocycles. The van der Waals surface area contributed by atoms with Crippen molar-refractivity contribution in [3.8, 4) is 0 Å². The van der Waals surface area contributed by atoms with Gasteiger partial charge in [0.2, 0.25) is 5.91 Å². The molecule has 5 heteroatoms. The highest BCUT2D eigenvalue weighted by molar-refractivity contribution is 9.10. The predicted octanol–water partition coefficient (Wildman–Crippen LogP) is 2.79. The van der Waals surface area contributed by atoms with Crippen LogP contribution in [0.1, 0.15) is 19.4 Å². The van der Waals surface area contributed by atoms with Gasteiger partial charge in [0.05, 0.1) is 0 Å². The van der Waals surface area contributed by atoms with Gasteiger partial charge in [-0.25, -0.2) is 4.39 Å². The Kier molecular flexibility index (Phi) is 5.16. The molecule has 0 radical (unpaired) electrons. The van der Waals surface area contributed by atoms with Gasteiger partial charge in [-0.3, -0.25) is 4.79 Å². The number of benzene rings is 1. The summed E-state index contributed by atoms with van der Waals surface area (Å²) >= 11 is 3.34. The fourth-order valence-corrected chi connectivity index (χ4v) is 2.78. The summed E-state index contributed by atoms with van der Waals surface area (Å²) in [5, 5.41) is 3.18. The largest absolute Gasteiger partial charge is 0.338 e. The zero-order valence-electron chi connectivity index (χ0n) is 11.8. The van der Waals surface area contributed by atoms with E-state index in [0.717, 1.165) is 17.6 Å². The third-order valence-corrected chi connectivity index (χ3v) is 4.47. The van der Waals surface area contributed by atoms with Gasteiger partial charge in [-0.15, -0.1) is 0 Å². The third kappa shape index (κ3) is 3.38. The van der Waals surface area contributed by atoms with Crippen molar-refractivity contribution in [2.75, 3.05) is 19.6 Å². The summed E-state index contributed by atoms with van der Waals surface area (Å²) in [6.45, 7) is 6.61. The molecule has 110 valence electrons. The number of nitrogens with one attached hydrogen (secondary N) is 1. The molecule has 1 N–H and O–H groups in total. The van der Waals surface area contributed by atoms with Crippen LogP contribution in [0.4, 0.5) is 4.39 Å². The summed E-state index contributed by atoms with van der Waals surface area (Å²) in [6.07, 6.45) is 0. The molecule has 0 bridgehead atoms. The molecule has 1 amide bonds. The van der Waals surface area contributed by atoms with Crippen LogP contribution in [0.5, 0.6) is 0 Å². The van der Waals surface area contributed by atoms with Crippen LogP contribution in [0.3, 0.4) is 0 Å². The van der Waals surface area contributed by atoms with Crippen molar-refractivity contribution in [3.63, 3.8) is 0 Å². The summed E-state index contributed by atoms with van der Waals surface area (Å²) in [6, 6.07) is 4.83. The van der Waals surface area contributed by atoms with Crippen molar-refractivity contribution in [3.05, 3.63) is 34.1 Å². The Morgan fingerprint density at radius 1 is 1.55 bits per heavy atom. The minimum atomic E-state index is -0.266. The van der Waals surface area contributed by atoms with Crippen LogP contribution >= 0.6 is 15.9 Å². The van der Waals surface area contributed by atoms with E-state index in [9.17, 15) is 9.18 Å². The van der Waals surface area contributed by atoms with Gasteiger partial charge in [-0.2, -0.15) is 0 Å². The number of amides is 1. The Labute approximate surface area is 127 Å². The molecule has 1 unspecified atom stereocenters. The lowest BCUT2D eigenvalue weighted by Gasteiger charge is -2.34. The number of nitrogens with zero attached hydrogens (tertiary/aromatic N) is 1. The number of carbonyl (C=O) groups is 1. The number of rotatable bonds is 5. The lowest BCUT2D eigenvalue weighted by atomic mass is 9.88. The van der Waals surface area contributed by atoms with Crippen LogP contribution in [0.2, 0.25) is 0 Å². The standard InChI is InChI=1S/C15H20BrFN2O/c1-3-19(15(20)10(2)12-7-18-8-12)9-11-6-13(16)4-5-14(11)17/h4-6,10,12,18H,3,7-9H2,1-2H3. The number of hydrogen-bond donors (Lipinski definition) is 1. The molecule has 1 saturated heterocycles. The normalized spacial score (nSPS) is 16.6. The molecule has 0 aliphatic carbocycles. The maximum absolute atomic E-state index is 13.8. The Bertz CT molecular complexity index is 491. The molecule has 1 fully saturated rings. The molecule has 1 atom stereocenters. The van der Waals surface area contributed by atoms with Crippen LogP contribution in [0, 0.1) is 17.7 Å². The molecule has 0 spiro atoms. The first-order valence-electron chi connectivity index (χ1n) is 6.96. The van der Waals surface area contributed by atoms with E-state index in [4.69, 9.17) is 0 Å². The smallest absolute Gasteiger partial charge is 0.226 e. The van der Waals surface area contributed by atoms with E-state index in [-0.39, 0.29) is 17.6 Å². The molecule has 0 aromatic heterocycles. The maximum atomic E-state index is 13.8. The van der Waals surface area contributed by atoms with Gasteiger partial charge in [-0.05, 0) is 44.1 Å². The van der Waals surface area contributed by atoms with E-state index in [0.29, 0.717) is 24.6 Å².